The Morgan fingerprint density at radius 1 is 1.50 bits per heavy atom. The summed E-state index contributed by atoms with van der Waals surface area (Å²) in [6, 6.07) is 4.17. The average molecular weight is 249 g/mol. The molecule has 0 aromatic carbocycles. The summed E-state index contributed by atoms with van der Waals surface area (Å²) < 4.78 is 0. The van der Waals surface area contributed by atoms with E-state index in [1.165, 1.54) is 5.56 Å². The van der Waals surface area contributed by atoms with E-state index in [2.05, 4.69) is 30.0 Å². The lowest BCUT2D eigenvalue weighted by Gasteiger charge is -2.11. The summed E-state index contributed by atoms with van der Waals surface area (Å²) in [6.07, 6.45) is 4.53. The normalized spacial score (nSPS) is 12.7. The predicted molar refractivity (Wildman–Crippen MR) is 72.9 cm³/mol. The molecule has 0 aliphatic heterocycles. The van der Waals surface area contributed by atoms with Gasteiger partial charge in [0, 0.05) is 24.4 Å². The van der Waals surface area contributed by atoms with Crippen LogP contribution >= 0.6 is 0 Å². The topological polar surface area (TPSA) is 59.2 Å². The number of rotatable bonds is 7. The maximum atomic E-state index is 10.9. The fourth-order valence-corrected chi connectivity index (χ4v) is 1.86. The summed E-state index contributed by atoms with van der Waals surface area (Å²) >= 11 is 0. The van der Waals surface area contributed by atoms with E-state index in [1.807, 2.05) is 19.2 Å². The van der Waals surface area contributed by atoms with Gasteiger partial charge in [0.15, 0.2) is 0 Å². The SMILES string of the molecule is CC(CCCc1cc(CN(C)C)ccn1)C(N)=O. The summed E-state index contributed by atoms with van der Waals surface area (Å²) in [5, 5.41) is 0. The Morgan fingerprint density at radius 3 is 2.83 bits per heavy atom. The Morgan fingerprint density at radius 2 is 2.22 bits per heavy atom. The van der Waals surface area contributed by atoms with Crippen molar-refractivity contribution in [3.8, 4) is 0 Å². The van der Waals surface area contributed by atoms with Gasteiger partial charge in [-0.1, -0.05) is 6.92 Å². The number of hydrogen-bond acceptors (Lipinski definition) is 3. The van der Waals surface area contributed by atoms with Crippen molar-refractivity contribution in [3.63, 3.8) is 0 Å². The molecule has 0 aliphatic rings. The summed E-state index contributed by atoms with van der Waals surface area (Å²) in [5.41, 5.74) is 7.59. The minimum absolute atomic E-state index is 0.0463. The van der Waals surface area contributed by atoms with E-state index in [9.17, 15) is 4.79 Å². The summed E-state index contributed by atoms with van der Waals surface area (Å²) in [4.78, 5) is 17.4. The number of carbonyl (C=O) groups is 1. The van der Waals surface area contributed by atoms with Crippen LogP contribution in [0.2, 0.25) is 0 Å². The smallest absolute Gasteiger partial charge is 0.220 e. The molecule has 1 aromatic heterocycles. The molecule has 4 heteroatoms. The molecule has 2 N–H and O–H groups in total. The molecule has 1 heterocycles. The molecule has 0 spiro atoms. The molecule has 0 bridgehead atoms. The first-order valence-corrected chi connectivity index (χ1v) is 6.37. The first kappa shape index (κ1) is 14.6. The number of nitrogens with two attached hydrogens (primary N) is 1. The minimum atomic E-state index is -0.218. The van der Waals surface area contributed by atoms with Gasteiger partial charge in [-0.2, -0.15) is 0 Å². The zero-order valence-corrected chi connectivity index (χ0v) is 11.5. The van der Waals surface area contributed by atoms with E-state index in [0.29, 0.717) is 0 Å². The van der Waals surface area contributed by atoms with Crippen LogP contribution in [0.5, 0.6) is 0 Å². The lowest BCUT2D eigenvalue weighted by atomic mass is 10.0. The van der Waals surface area contributed by atoms with Gasteiger partial charge in [0.2, 0.25) is 5.91 Å². The van der Waals surface area contributed by atoms with Crippen molar-refractivity contribution in [1.29, 1.82) is 0 Å². The van der Waals surface area contributed by atoms with E-state index in [1.54, 1.807) is 0 Å². The van der Waals surface area contributed by atoms with Gasteiger partial charge < -0.3 is 10.6 Å². The van der Waals surface area contributed by atoms with E-state index in [0.717, 1.165) is 31.5 Å². The van der Waals surface area contributed by atoms with Crippen molar-refractivity contribution >= 4 is 5.91 Å². The Labute approximate surface area is 109 Å². The van der Waals surface area contributed by atoms with Gasteiger partial charge >= 0.3 is 0 Å². The third kappa shape index (κ3) is 5.27. The average Bonchev–Trinajstić information content (AvgIpc) is 2.28. The zero-order valence-electron chi connectivity index (χ0n) is 11.5. The first-order valence-electron chi connectivity index (χ1n) is 6.37. The number of nitrogens with zero attached hydrogens (tertiary/aromatic N) is 2. The molecule has 18 heavy (non-hydrogen) atoms. The van der Waals surface area contributed by atoms with Crippen LogP contribution in [0, 0.1) is 5.92 Å². The lowest BCUT2D eigenvalue weighted by Crippen LogP contribution is -2.20. The van der Waals surface area contributed by atoms with Gasteiger partial charge in [-0.25, -0.2) is 0 Å². The molecule has 1 rings (SSSR count). The molecule has 1 aromatic rings. The highest BCUT2D eigenvalue weighted by atomic mass is 16.1. The van der Waals surface area contributed by atoms with Crippen LogP contribution in [-0.4, -0.2) is 29.9 Å². The van der Waals surface area contributed by atoms with Crippen molar-refractivity contribution < 1.29 is 4.79 Å². The molecular formula is C14H23N3O. The molecule has 0 radical (unpaired) electrons. The minimum Gasteiger partial charge on any atom is -0.369 e. The second kappa shape index (κ2) is 7.11. The zero-order chi connectivity index (χ0) is 13.5. The van der Waals surface area contributed by atoms with Crippen molar-refractivity contribution in [2.75, 3.05) is 14.1 Å². The Kier molecular flexibility index (Phi) is 5.78. The van der Waals surface area contributed by atoms with E-state index in [4.69, 9.17) is 5.73 Å². The fourth-order valence-electron chi connectivity index (χ4n) is 1.86. The summed E-state index contributed by atoms with van der Waals surface area (Å²) in [5.74, 6) is -0.265. The number of primary amides is 1. The molecular weight excluding hydrogens is 226 g/mol. The molecule has 0 aliphatic carbocycles. The van der Waals surface area contributed by atoms with Gasteiger partial charge in [-0.15, -0.1) is 0 Å². The Bertz CT molecular complexity index is 390. The molecule has 4 nitrogen and oxygen atoms in total. The highest BCUT2D eigenvalue weighted by Gasteiger charge is 2.08. The van der Waals surface area contributed by atoms with Gasteiger partial charge in [-0.3, -0.25) is 9.78 Å². The molecule has 1 atom stereocenters. The van der Waals surface area contributed by atoms with Gasteiger partial charge in [0.05, 0.1) is 0 Å². The summed E-state index contributed by atoms with van der Waals surface area (Å²) in [7, 11) is 4.10. The van der Waals surface area contributed by atoms with Crippen LogP contribution in [-0.2, 0) is 17.8 Å². The van der Waals surface area contributed by atoms with Crippen LogP contribution in [0.25, 0.3) is 0 Å². The second-order valence-electron chi connectivity index (χ2n) is 5.09. The molecule has 100 valence electrons. The number of carbonyl (C=O) groups excluding carboxylic acids is 1. The second-order valence-corrected chi connectivity index (χ2v) is 5.09. The molecule has 0 saturated carbocycles. The van der Waals surface area contributed by atoms with Gasteiger partial charge in [0.25, 0.3) is 0 Å². The van der Waals surface area contributed by atoms with Crippen LogP contribution in [0.1, 0.15) is 31.0 Å². The number of hydrogen-bond donors (Lipinski definition) is 1. The number of aryl methyl sites for hydroxylation is 1. The van der Waals surface area contributed by atoms with Gasteiger partial charge in [-0.05, 0) is 51.1 Å². The molecule has 1 amide bonds. The molecule has 0 saturated heterocycles. The molecule has 0 fully saturated rings. The number of aromatic nitrogens is 1. The largest absolute Gasteiger partial charge is 0.369 e. The Balaban J connectivity index is 2.45. The van der Waals surface area contributed by atoms with Crippen molar-refractivity contribution in [2.45, 2.75) is 32.7 Å². The van der Waals surface area contributed by atoms with Crippen molar-refractivity contribution in [1.82, 2.24) is 9.88 Å². The van der Waals surface area contributed by atoms with Crippen LogP contribution in [0.4, 0.5) is 0 Å². The highest BCUT2D eigenvalue weighted by molar-refractivity contribution is 5.76. The van der Waals surface area contributed by atoms with E-state index >= 15 is 0 Å². The van der Waals surface area contributed by atoms with E-state index in [-0.39, 0.29) is 11.8 Å². The molecule has 1 unspecified atom stereocenters. The number of pyridine rings is 1. The monoisotopic (exact) mass is 249 g/mol. The quantitative estimate of drug-likeness (QED) is 0.798. The fraction of sp³-hybridized carbons (Fsp3) is 0.571. The van der Waals surface area contributed by atoms with Crippen LogP contribution in [0.15, 0.2) is 18.3 Å². The van der Waals surface area contributed by atoms with Crippen LogP contribution < -0.4 is 5.73 Å². The standard InChI is InChI=1S/C14H23N3O/c1-11(14(15)18)5-4-6-13-9-12(7-8-16-13)10-17(2)3/h7-9,11H,4-6,10H2,1-3H3,(H2,15,18). The van der Waals surface area contributed by atoms with E-state index < -0.39 is 0 Å². The van der Waals surface area contributed by atoms with Crippen molar-refractivity contribution in [2.24, 2.45) is 11.7 Å². The predicted octanol–water partition coefficient (Wildman–Crippen LogP) is 1.59. The van der Waals surface area contributed by atoms with Crippen LogP contribution in [0.3, 0.4) is 0 Å². The summed E-state index contributed by atoms with van der Waals surface area (Å²) in [6.45, 7) is 2.80. The highest BCUT2D eigenvalue weighted by Crippen LogP contribution is 2.10. The lowest BCUT2D eigenvalue weighted by molar-refractivity contribution is -0.121. The Hall–Kier alpha value is -1.42. The third-order valence-electron chi connectivity index (χ3n) is 2.94. The maximum absolute atomic E-state index is 10.9. The first-order chi connectivity index (χ1) is 8.49. The van der Waals surface area contributed by atoms with Gasteiger partial charge in [0.1, 0.15) is 0 Å². The maximum Gasteiger partial charge on any atom is 0.220 e. The number of amides is 1. The third-order valence-corrected chi connectivity index (χ3v) is 2.94. The van der Waals surface area contributed by atoms with Crippen molar-refractivity contribution in [3.05, 3.63) is 29.6 Å².